The van der Waals surface area contributed by atoms with Gasteiger partial charge < -0.3 is 15.0 Å². The predicted molar refractivity (Wildman–Crippen MR) is 76.0 cm³/mol. The SMILES string of the molecule is CCC1CN(c2nc(NC)c(Cl)cc2Cl)CCO1. The van der Waals surface area contributed by atoms with Crippen molar-refractivity contribution in [3.63, 3.8) is 0 Å². The molecule has 0 spiro atoms. The number of pyridine rings is 1. The molecule has 6 heteroatoms. The summed E-state index contributed by atoms with van der Waals surface area (Å²) in [5.74, 6) is 1.42. The number of morpholine rings is 1. The quantitative estimate of drug-likeness (QED) is 0.928. The maximum absolute atomic E-state index is 6.23. The van der Waals surface area contributed by atoms with Crippen LogP contribution in [0.15, 0.2) is 6.07 Å². The predicted octanol–water partition coefficient (Wildman–Crippen LogP) is 3.05. The van der Waals surface area contributed by atoms with E-state index in [-0.39, 0.29) is 6.10 Å². The Balaban J connectivity index is 2.26. The Bertz CT molecular complexity index is 428. The molecule has 1 fully saturated rings. The molecule has 18 heavy (non-hydrogen) atoms. The molecule has 0 aliphatic carbocycles. The molecule has 1 unspecified atom stereocenters. The number of anilines is 2. The van der Waals surface area contributed by atoms with Crippen molar-refractivity contribution in [1.29, 1.82) is 0 Å². The van der Waals surface area contributed by atoms with E-state index in [9.17, 15) is 0 Å². The van der Waals surface area contributed by atoms with Crippen LogP contribution in [-0.4, -0.2) is 37.8 Å². The fourth-order valence-corrected chi connectivity index (χ4v) is 2.59. The summed E-state index contributed by atoms with van der Waals surface area (Å²) in [6.07, 6.45) is 1.23. The van der Waals surface area contributed by atoms with Gasteiger partial charge in [0.25, 0.3) is 0 Å². The summed E-state index contributed by atoms with van der Waals surface area (Å²) in [4.78, 5) is 6.63. The molecule has 1 N–H and O–H groups in total. The summed E-state index contributed by atoms with van der Waals surface area (Å²) in [5, 5.41) is 4.08. The number of nitrogens with zero attached hydrogens (tertiary/aromatic N) is 2. The molecule has 0 saturated carbocycles. The Morgan fingerprint density at radius 1 is 1.50 bits per heavy atom. The van der Waals surface area contributed by atoms with Gasteiger partial charge in [0, 0.05) is 20.1 Å². The summed E-state index contributed by atoms with van der Waals surface area (Å²) >= 11 is 12.3. The highest BCUT2D eigenvalue weighted by molar-refractivity contribution is 6.37. The van der Waals surface area contributed by atoms with Crippen LogP contribution >= 0.6 is 23.2 Å². The average Bonchev–Trinajstić information content (AvgIpc) is 2.39. The van der Waals surface area contributed by atoms with Crippen molar-refractivity contribution in [2.24, 2.45) is 0 Å². The van der Waals surface area contributed by atoms with E-state index in [1.165, 1.54) is 0 Å². The smallest absolute Gasteiger partial charge is 0.150 e. The molecule has 2 heterocycles. The Morgan fingerprint density at radius 2 is 2.28 bits per heavy atom. The van der Waals surface area contributed by atoms with Crippen LogP contribution in [0.25, 0.3) is 0 Å². The molecule has 1 aromatic rings. The molecule has 1 aliphatic heterocycles. The minimum atomic E-state index is 0.241. The van der Waals surface area contributed by atoms with Gasteiger partial charge in [0.05, 0.1) is 22.8 Å². The summed E-state index contributed by atoms with van der Waals surface area (Å²) < 4.78 is 5.64. The van der Waals surface area contributed by atoms with Crippen molar-refractivity contribution < 1.29 is 4.74 Å². The van der Waals surface area contributed by atoms with Gasteiger partial charge in [-0.15, -0.1) is 0 Å². The first-order valence-electron chi connectivity index (χ1n) is 6.06. The molecule has 0 radical (unpaired) electrons. The van der Waals surface area contributed by atoms with Gasteiger partial charge in [-0.3, -0.25) is 0 Å². The third-order valence-electron chi connectivity index (χ3n) is 3.04. The minimum absolute atomic E-state index is 0.241. The van der Waals surface area contributed by atoms with Crippen LogP contribution in [0.3, 0.4) is 0 Å². The van der Waals surface area contributed by atoms with Crippen LogP contribution in [0.4, 0.5) is 11.6 Å². The van der Waals surface area contributed by atoms with Crippen LogP contribution in [0.1, 0.15) is 13.3 Å². The lowest BCUT2D eigenvalue weighted by Crippen LogP contribution is -2.42. The first-order chi connectivity index (χ1) is 8.65. The number of hydrogen-bond donors (Lipinski definition) is 1. The van der Waals surface area contributed by atoms with Crippen molar-refractivity contribution in [2.45, 2.75) is 19.4 Å². The molecule has 1 aromatic heterocycles. The van der Waals surface area contributed by atoms with Gasteiger partial charge in [0.1, 0.15) is 11.6 Å². The molecule has 1 aliphatic rings. The van der Waals surface area contributed by atoms with Crippen molar-refractivity contribution in [1.82, 2.24) is 4.98 Å². The van der Waals surface area contributed by atoms with Crippen LogP contribution in [-0.2, 0) is 4.74 Å². The molecule has 1 saturated heterocycles. The van der Waals surface area contributed by atoms with E-state index in [0.717, 1.165) is 25.3 Å². The number of nitrogens with one attached hydrogen (secondary N) is 1. The van der Waals surface area contributed by atoms with E-state index in [1.54, 1.807) is 13.1 Å². The second-order valence-electron chi connectivity index (χ2n) is 4.22. The Kier molecular flexibility index (Phi) is 4.54. The van der Waals surface area contributed by atoms with E-state index in [2.05, 4.69) is 22.1 Å². The third-order valence-corrected chi connectivity index (χ3v) is 3.61. The van der Waals surface area contributed by atoms with E-state index < -0.39 is 0 Å². The molecular formula is C12H17Cl2N3O. The molecule has 2 rings (SSSR count). The zero-order valence-electron chi connectivity index (χ0n) is 10.5. The number of aromatic nitrogens is 1. The molecular weight excluding hydrogens is 273 g/mol. The highest BCUT2D eigenvalue weighted by Crippen LogP contribution is 2.32. The summed E-state index contributed by atoms with van der Waals surface area (Å²) in [6, 6.07) is 1.73. The molecule has 0 bridgehead atoms. The van der Waals surface area contributed by atoms with E-state index in [1.807, 2.05) is 0 Å². The maximum atomic E-state index is 6.23. The van der Waals surface area contributed by atoms with Gasteiger partial charge in [-0.05, 0) is 12.5 Å². The van der Waals surface area contributed by atoms with E-state index in [0.29, 0.717) is 22.5 Å². The van der Waals surface area contributed by atoms with Gasteiger partial charge in [-0.25, -0.2) is 4.98 Å². The lowest BCUT2D eigenvalue weighted by atomic mass is 10.2. The van der Waals surface area contributed by atoms with Crippen molar-refractivity contribution in [2.75, 3.05) is 37.0 Å². The Morgan fingerprint density at radius 3 is 2.94 bits per heavy atom. The number of halogens is 2. The second kappa shape index (κ2) is 5.95. The topological polar surface area (TPSA) is 37.4 Å². The van der Waals surface area contributed by atoms with Gasteiger partial charge in [0.2, 0.25) is 0 Å². The maximum Gasteiger partial charge on any atom is 0.150 e. The fourth-order valence-electron chi connectivity index (χ4n) is 2.01. The van der Waals surface area contributed by atoms with Gasteiger partial charge >= 0.3 is 0 Å². The molecule has 100 valence electrons. The molecule has 4 nitrogen and oxygen atoms in total. The van der Waals surface area contributed by atoms with E-state index >= 15 is 0 Å². The zero-order valence-corrected chi connectivity index (χ0v) is 12.1. The number of hydrogen-bond acceptors (Lipinski definition) is 4. The lowest BCUT2D eigenvalue weighted by molar-refractivity contribution is 0.0382. The standard InChI is InChI=1S/C12H17Cl2N3O/c1-3-8-7-17(4-5-18-8)12-10(14)6-9(13)11(15-2)16-12/h6,8H,3-5,7H2,1-2H3,(H,15,16). The first kappa shape index (κ1) is 13.7. The fraction of sp³-hybridized carbons (Fsp3) is 0.583. The normalized spacial score (nSPS) is 20.0. The zero-order chi connectivity index (χ0) is 13.1. The molecule has 0 aromatic carbocycles. The summed E-state index contributed by atoms with van der Waals surface area (Å²) in [5.41, 5.74) is 0. The van der Waals surface area contributed by atoms with Crippen LogP contribution < -0.4 is 10.2 Å². The van der Waals surface area contributed by atoms with Gasteiger partial charge in [0.15, 0.2) is 0 Å². The van der Waals surface area contributed by atoms with Crippen LogP contribution in [0.2, 0.25) is 10.0 Å². The minimum Gasteiger partial charge on any atom is -0.375 e. The van der Waals surface area contributed by atoms with Crippen molar-refractivity contribution in [3.8, 4) is 0 Å². The highest BCUT2D eigenvalue weighted by Gasteiger charge is 2.22. The lowest BCUT2D eigenvalue weighted by Gasteiger charge is -2.34. The van der Waals surface area contributed by atoms with Crippen LogP contribution in [0, 0.1) is 0 Å². The van der Waals surface area contributed by atoms with E-state index in [4.69, 9.17) is 27.9 Å². The van der Waals surface area contributed by atoms with Crippen molar-refractivity contribution >= 4 is 34.8 Å². The van der Waals surface area contributed by atoms with Crippen molar-refractivity contribution in [3.05, 3.63) is 16.1 Å². The van der Waals surface area contributed by atoms with Gasteiger partial charge in [-0.2, -0.15) is 0 Å². The monoisotopic (exact) mass is 289 g/mol. The van der Waals surface area contributed by atoms with Gasteiger partial charge in [-0.1, -0.05) is 30.1 Å². The molecule has 0 amide bonds. The number of ether oxygens (including phenoxy) is 1. The second-order valence-corrected chi connectivity index (χ2v) is 5.04. The summed E-state index contributed by atoms with van der Waals surface area (Å²) in [6.45, 7) is 4.43. The largest absolute Gasteiger partial charge is 0.375 e. The Labute approximate surface area is 117 Å². The number of rotatable bonds is 3. The third kappa shape index (κ3) is 2.82. The first-order valence-corrected chi connectivity index (χ1v) is 6.81. The summed E-state index contributed by atoms with van der Waals surface area (Å²) in [7, 11) is 1.79. The Hall–Kier alpha value is -0.710. The average molecular weight is 290 g/mol. The van der Waals surface area contributed by atoms with Crippen LogP contribution in [0.5, 0.6) is 0 Å². The molecule has 1 atom stereocenters. The highest BCUT2D eigenvalue weighted by atomic mass is 35.5.